The number of fused-ring (bicyclic) bond motifs is 1. The van der Waals surface area contributed by atoms with E-state index in [1.54, 1.807) is 31.2 Å². The molecule has 0 saturated heterocycles. The van der Waals surface area contributed by atoms with Crippen LogP contribution < -0.4 is 0 Å². The quantitative estimate of drug-likeness (QED) is 0.756. The number of hydrogen-bond donors (Lipinski definition) is 0. The van der Waals surface area contributed by atoms with E-state index < -0.39 is 0 Å². The number of carbonyl (C=O) groups is 1. The summed E-state index contributed by atoms with van der Waals surface area (Å²) in [6.45, 7) is 1.25. The summed E-state index contributed by atoms with van der Waals surface area (Å²) in [5.74, 6) is -0.339. The monoisotopic (exact) mass is 345 g/mol. The zero-order valence-corrected chi connectivity index (χ0v) is 14.8. The summed E-state index contributed by atoms with van der Waals surface area (Å²) in [4.78, 5) is 14.6. The largest absolute Gasteiger partial charge is 0.385 e. The number of hydrogen-bond acceptors (Lipinski definition) is 3. The molecule has 0 fully saturated rings. The molecule has 1 amide bonds. The summed E-state index contributed by atoms with van der Waals surface area (Å²) < 4.78 is 20.1. The molecule has 2 aromatic rings. The van der Waals surface area contributed by atoms with Crippen molar-refractivity contribution in [1.29, 1.82) is 0 Å². The van der Waals surface area contributed by atoms with Crippen LogP contribution in [0.1, 0.15) is 41.0 Å². The highest BCUT2D eigenvalue weighted by Crippen LogP contribution is 2.27. The summed E-state index contributed by atoms with van der Waals surface area (Å²) in [5, 5.41) is 4.61. The third-order valence-electron chi connectivity index (χ3n) is 4.64. The van der Waals surface area contributed by atoms with Crippen LogP contribution in [-0.2, 0) is 17.6 Å². The zero-order valence-electron chi connectivity index (χ0n) is 14.8. The molecule has 6 heteroatoms. The summed E-state index contributed by atoms with van der Waals surface area (Å²) in [6, 6.07) is 6.25. The Bertz CT molecular complexity index is 740. The highest BCUT2D eigenvalue weighted by molar-refractivity contribution is 5.94. The van der Waals surface area contributed by atoms with Gasteiger partial charge in [0.2, 0.25) is 0 Å². The maximum atomic E-state index is 13.2. The van der Waals surface area contributed by atoms with Crippen LogP contribution in [0.2, 0.25) is 0 Å². The molecule has 1 heterocycles. The average Bonchev–Trinajstić information content (AvgIpc) is 3.01. The fraction of sp³-hybridized carbons (Fsp3) is 0.474. The summed E-state index contributed by atoms with van der Waals surface area (Å²) in [5.41, 5.74) is 3.44. The Kier molecular flexibility index (Phi) is 5.48. The Balaban J connectivity index is 1.92. The highest BCUT2D eigenvalue weighted by Gasteiger charge is 2.27. The second-order valence-corrected chi connectivity index (χ2v) is 6.44. The Labute approximate surface area is 147 Å². The third-order valence-corrected chi connectivity index (χ3v) is 4.64. The molecule has 1 aromatic carbocycles. The lowest BCUT2D eigenvalue weighted by atomic mass is 9.95. The lowest BCUT2D eigenvalue weighted by molar-refractivity contribution is 0.0772. The molecule has 1 aromatic heterocycles. The van der Waals surface area contributed by atoms with Gasteiger partial charge in [-0.25, -0.2) is 9.07 Å². The SMILES string of the molecule is COCCCN(C)C(=O)c1nn(-c2ccc(F)cc2)c2c1CCCC2. The van der Waals surface area contributed by atoms with E-state index in [9.17, 15) is 9.18 Å². The molecule has 1 aliphatic rings. The van der Waals surface area contributed by atoms with Crippen molar-refractivity contribution >= 4 is 5.91 Å². The topological polar surface area (TPSA) is 47.4 Å². The van der Waals surface area contributed by atoms with Crippen molar-refractivity contribution in [3.05, 3.63) is 47.0 Å². The van der Waals surface area contributed by atoms with Gasteiger partial charge >= 0.3 is 0 Å². The van der Waals surface area contributed by atoms with Crippen molar-refractivity contribution < 1.29 is 13.9 Å². The lowest BCUT2D eigenvalue weighted by Gasteiger charge is -2.17. The van der Waals surface area contributed by atoms with E-state index in [-0.39, 0.29) is 11.7 Å². The molecule has 0 radical (unpaired) electrons. The fourth-order valence-electron chi connectivity index (χ4n) is 3.30. The molecule has 0 spiro atoms. The van der Waals surface area contributed by atoms with Gasteiger partial charge in [0.15, 0.2) is 5.69 Å². The number of rotatable bonds is 6. The van der Waals surface area contributed by atoms with Crippen LogP contribution in [0.3, 0.4) is 0 Å². The maximum Gasteiger partial charge on any atom is 0.274 e. The molecule has 5 nitrogen and oxygen atoms in total. The van der Waals surface area contributed by atoms with E-state index >= 15 is 0 Å². The molecule has 1 aliphatic carbocycles. The minimum Gasteiger partial charge on any atom is -0.385 e. The van der Waals surface area contributed by atoms with E-state index in [2.05, 4.69) is 5.10 Å². The van der Waals surface area contributed by atoms with Gasteiger partial charge in [0.1, 0.15) is 5.82 Å². The normalized spacial score (nSPS) is 13.6. The molecule has 0 aliphatic heterocycles. The number of amides is 1. The lowest BCUT2D eigenvalue weighted by Crippen LogP contribution is -2.29. The first-order valence-corrected chi connectivity index (χ1v) is 8.73. The average molecular weight is 345 g/mol. The van der Waals surface area contributed by atoms with Crippen LogP contribution in [0.4, 0.5) is 4.39 Å². The Hall–Kier alpha value is -2.21. The van der Waals surface area contributed by atoms with Crippen molar-refractivity contribution in [3.63, 3.8) is 0 Å². The Morgan fingerprint density at radius 2 is 2.00 bits per heavy atom. The Morgan fingerprint density at radius 3 is 2.72 bits per heavy atom. The van der Waals surface area contributed by atoms with Gasteiger partial charge in [0.05, 0.1) is 5.69 Å². The predicted molar refractivity (Wildman–Crippen MR) is 93.6 cm³/mol. The number of methoxy groups -OCH3 is 1. The fourth-order valence-corrected chi connectivity index (χ4v) is 3.30. The summed E-state index contributed by atoms with van der Waals surface area (Å²) >= 11 is 0. The van der Waals surface area contributed by atoms with Gasteiger partial charge in [0.25, 0.3) is 5.91 Å². The second-order valence-electron chi connectivity index (χ2n) is 6.44. The number of aromatic nitrogens is 2. The van der Waals surface area contributed by atoms with Crippen molar-refractivity contribution in [2.75, 3.05) is 27.3 Å². The summed E-state index contributed by atoms with van der Waals surface area (Å²) in [6.07, 6.45) is 4.69. The van der Waals surface area contributed by atoms with Crippen molar-refractivity contribution in [1.82, 2.24) is 14.7 Å². The molecule has 0 saturated carbocycles. The molecule has 0 atom stereocenters. The zero-order chi connectivity index (χ0) is 17.8. The van der Waals surface area contributed by atoms with Gasteiger partial charge in [-0.1, -0.05) is 0 Å². The molecule has 0 N–H and O–H groups in total. The molecule has 25 heavy (non-hydrogen) atoms. The number of nitrogens with zero attached hydrogens (tertiary/aromatic N) is 3. The van der Waals surface area contributed by atoms with Crippen molar-refractivity contribution in [2.24, 2.45) is 0 Å². The first-order chi connectivity index (χ1) is 12.1. The minimum absolute atomic E-state index is 0.0601. The van der Waals surface area contributed by atoms with Crippen LogP contribution >= 0.6 is 0 Å². The van der Waals surface area contributed by atoms with E-state index in [1.807, 2.05) is 4.68 Å². The smallest absolute Gasteiger partial charge is 0.274 e. The maximum absolute atomic E-state index is 13.2. The number of halogens is 1. The summed E-state index contributed by atoms with van der Waals surface area (Å²) in [7, 11) is 3.45. The van der Waals surface area contributed by atoms with Crippen LogP contribution in [0.25, 0.3) is 5.69 Å². The van der Waals surface area contributed by atoms with Gasteiger partial charge in [0, 0.05) is 38.6 Å². The highest BCUT2D eigenvalue weighted by atomic mass is 19.1. The van der Waals surface area contributed by atoms with Gasteiger partial charge in [-0.15, -0.1) is 0 Å². The third kappa shape index (κ3) is 3.74. The van der Waals surface area contributed by atoms with E-state index in [4.69, 9.17) is 4.74 Å². The molecule has 0 unspecified atom stereocenters. The number of benzene rings is 1. The van der Waals surface area contributed by atoms with Crippen molar-refractivity contribution in [2.45, 2.75) is 32.1 Å². The van der Waals surface area contributed by atoms with E-state index in [0.29, 0.717) is 18.8 Å². The Morgan fingerprint density at radius 1 is 1.28 bits per heavy atom. The standard InChI is InChI=1S/C19H24FN3O2/c1-22(12-5-13-25-2)19(24)18-16-6-3-4-7-17(16)23(21-18)15-10-8-14(20)9-11-15/h8-11H,3-7,12-13H2,1-2H3. The number of ether oxygens (including phenoxy) is 1. The van der Waals surface area contributed by atoms with Crippen LogP contribution in [0, 0.1) is 5.82 Å². The van der Waals surface area contributed by atoms with Crippen LogP contribution in [0.15, 0.2) is 24.3 Å². The predicted octanol–water partition coefficient (Wildman–Crippen LogP) is 3.00. The molecule has 3 rings (SSSR count). The van der Waals surface area contributed by atoms with Crippen LogP contribution in [-0.4, -0.2) is 47.9 Å². The number of carbonyl (C=O) groups excluding carboxylic acids is 1. The van der Waals surface area contributed by atoms with Gasteiger partial charge < -0.3 is 9.64 Å². The first-order valence-electron chi connectivity index (χ1n) is 8.73. The molecule has 0 bridgehead atoms. The van der Waals surface area contributed by atoms with Gasteiger partial charge in [-0.3, -0.25) is 4.79 Å². The van der Waals surface area contributed by atoms with E-state index in [1.165, 1.54) is 12.1 Å². The van der Waals surface area contributed by atoms with E-state index in [0.717, 1.165) is 49.0 Å². The minimum atomic E-state index is -0.279. The van der Waals surface area contributed by atoms with Gasteiger partial charge in [-0.2, -0.15) is 5.10 Å². The molecular weight excluding hydrogens is 321 g/mol. The van der Waals surface area contributed by atoms with Crippen molar-refractivity contribution in [3.8, 4) is 5.69 Å². The molecular formula is C19H24FN3O2. The molecule has 134 valence electrons. The second kappa shape index (κ2) is 7.78. The van der Waals surface area contributed by atoms with Gasteiger partial charge in [-0.05, 0) is 56.4 Å². The van der Waals surface area contributed by atoms with Crippen LogP contribution in [0.5, 0.6) is 0 Å². The first kappa shape index (κ1) is 17.6.